The van der Waals surface area contributed by atoms with Crippen molar-refractivity contribution in [1.82, 2.24) is 0 Å². The van der Waals surface area contributed by atoms with E-state index in [0.717, 1.165) is 6.42 Å². The molecule has 0 aromatic carbocycles. The van der Waals surface area contributed by atoms with E-state index in [1.54, 1.807) is 0 Å². The largest absolute Gasteiger partial charge is 0.390 e. The molecule has 2 nitrogen and oxygen atoms in total. The fourth-order valence-electron chi connectivity index (χ4n) is 2.19. The maximum atomic E-state index is 8.83. The molecule has 0 aromatic heterocycles. The molecule has 2 heteroatoms. The molecule has 0 amide bonds. The number of aliphatic hydroxyl groups is 1. The van der Waals surface area contributed by atoms with Gasteiger partial charge in [0.25, 0.3) is 0 Å². The third kappa shape index (κ3) is 13.9. The zero-order valence-electron chi connectivity index (χ0n) is 11.9. The molecule has 0 aliphatic rings. The Morgan fingerprint density at radius 3 is 1.59 bits per heavy atom. The van der Waals surface area contributed by atoms with Crippen LogP contribution in [0.25, 0.3) is 0 Å². The van der Waals surface area contributed by atoms with Gasteiger partial charge in [-0.25, -0.2) is 0 Å². The van der Waals surface area contributed by atoms with Gasteiger partial charge in [0.05, 0.1) is 6.61 Å². The van der Waals surface area contributed by atoms with E-state index in [9.17, 15) is 0 Å². The summed E-state index contributed by atoms with van der Waals surface area (Å²) in [5.74, 6) is 0. The van der Waals surface area contributed by atoms with Crippen LogP contribution >= 0.6 is 0 Å². The lowest BCUT2D eigenvalue weighted by Crippen LogP contribution is -2.62. The third-order valence-electron chi connectivity index (χ3n) is 3.47. The lowest BCUT2D eigenvalue weighted by molar-refractivity contribution is -0.426. The summed E-state index contributed by atoms with van der Waals surface area (Å²) >= 11 is 0. The second-order valence-corrected chi connectivity index (χ2v) is 5.37. The number of rotatable bonds is 13. The number of hydrogen-bond acceptors (Lipinski definition) is 1. The molecule has 0 bridgehead atoms. The van der Waals surface area contributed by atoms with Crippen molar-refractivity contribution >= 4 is 0 Å². The predicted molar refractivity (Wildman–Crippen MR) is 74.8 cm³/mol. The summed E-state index contributed by atoms with van der Waals surface area (Å²) in [6.07, 6.45) is 16.3. The van der Waals surface area contributed by atoms with Crippen LogP contribution in [0.1, 0.15) is 84.0 Å². The molecule has 0 fully saturated rings. The normalized spacial score (nSPS) is 12.9. The van der Waals surface area contributed by atoms with Crippen molar-refractivity contribution in [3.63, 3.8) is 0 Å². The Balaban J connectivity index is 2.94. The molecule has 0 aromatic rings. The van der Waals surface area contributed by atoms with Crippen LogP contribution in [0.2, 0.25) is 0 Å². The first-order valence-corrected chi connectivity index (χ1v) is 7.75. The van der Waals surface area contributed by atoms with Gasteiger partial charge in [-0.2, -0.15) is 0 Å². The number of unbranched alkanes of at least 4 members (excludes halogenated alkanes) is 10. The molecular formula is C15H34NO+. The van der Waals surface area contributed by atoms with Gasteiger partial charge in [0.2, 0.25) is 0 Å². The van der Waals surface area contributed by atoms with Gasteiger partial charge in [0.15, 0.2) is 0 Å². The van der Waals surface area contributed by atoms with E-state index in [1.807, 2.05) is 0 Å². The minimum atomic E-state index is 0.248. The molecule has 1 atom stereocenters. The van der Waals surface area contributed by atoms with Crippen molar-refractivity contribution in [2.75, 3.05) is 6.61 Å². The molecule has 0 heterocycles. The zero-order chi connectivity index (χ0) is 12.8. The maximum absolute atomic E-state index is 8.83. The molecule has 104 valence electrons. The van der Waals surface area contributed by atoms with Crippen LogP contribution in [0.15, 0.2) is 0 Å². The van der Waals surface area contributed by atoms with Crippen LogP contribution < -0.4 is 5.73 Å². The van der Waals surface area contributed by atoms with E-state index in [-0.39, 0.29) is 12.6 Å². The molecule has 0 radical (unpaired) electrons. The average molecular weight is 244 g/mol. The molecule has 0 spiro atoms. The van der Waals surface area contributed by atoms with Crippen LogP contribution in [-0.2, 0) is 0 Å². The van der Waals surface area contributed by atoms with Crippen molar-refractivity contribution in [2.24, 2.45) is 0 Å². The van der Waals surface area contributed by atoms with E-state index in [2.05, 4.69) is 12.7 Å². The fraction of sp³-hybridized carbons (Fsp3) is 1.00. The molecule has 0 saturated carbocycles. The molecule has 0 saturated heterocycles. The van der Waals surface area contributed by atoms with Crippen LogP contribution in [0, 0.1) is 0 Å². The summed E-state index contributed by atoms with van der Waals surface area (Å²) in [7, 11) is 0. The first-order chi connectivity index (χ1) is 8.31. The highest BCUT2D eigenvalue weighted by Crippen LogP contribution is 2.11. The Kier molecular flexibility index (Phi) is 13.9. The van der Waals surface area contributed by atoms with Crippen LogP contribution in [0.3, 0.4) is 0 Å². The topological polar surface area (TPSA) is 47.9 Å². The summed E-state index contributed by atoms with van der Waals surface area (Å²) in [4.78, 5) is 0. The van der Waals surface area contributed by atoms with Crippen molar-refractivity contribution in [3.05, 3.63) is 0 Å². The predicted octanol–water partition coefficient (Wildman–Crippen LogP) is 3.29. The smallest absolute Gasteiger partial charge is 0.108 e. The molecule has 0 aliphatic carbocycles. The summed E-state index contributed by atoms with van der Waals surface area (Å²) in [5.41, 5.74) is 3.89. The van der Waals surface area contributed by atoms with Gasteiger partial charge in [-0.1, -0.05) is 71.1 Å². The van der Waals surface area contributed by atoms with Crippen molar-refractivity contribution in [1.29, 1.82) is 0 Å². The van der Waals surface area contributed by atoms with E-state index in [4.69, 9.17) is 5.11 Å². The van der Waals surface area contributed by atoms with Crippen LogP contribution in [-0.4, -0.2) is 17.8 Å². The highest BCUT2D eigenvalue weighted by molar-refractivity contribution is 4.52. The number of hydrogen-bond donors (Lipinski definition) is 2. The zero-order valence-corrected chi connectivity index (χ0v) is 11.9. The highest BCUT2D eigenvalue weighted by Gasteiger charge is 2.02. The molecule has 4 N–H and O–H groups in total. The van der Waals surface area contributed by atoms with Crippen molar-refractivity contribution in [2.45, 2.75) is 90.0 Å². The Morgan fingerprint density at radius 2 is 1.18 bits per heavy atom. The van der Waals surface area contributed by atoms with Gasteiger partial charge in [0, 0.05) is 6.42 Å². The highest BCUT2D eigenvalue weighted by atomic mass is 16.3. The Bertz CT molecular complexity index is 139. The van der Waals surface area contributed by atoms with Crippen molar-refractivity contribution in [3.8, 4) is 0 Å². The fourth-order valence-corrected chi connectivity index (χ4v) is 2.19. The molecule has 1 unspecified atom stereocenters. The standard InChI is InChI=1S/C15H33NO/c1-2-3-4-5-6-7-8-9-10-11-12-13-15(16)14-17/h15,17H,2-14,16H2,1H3/p+1. The monoisotopic (exact) mass is 244 g/mol. The minimum absolute atomic E-state index is 0.248. The first kappa shape index (κ1) is 16.9. The summed E-state index contributed by atoms with van der Waals surface area (Å²) in [6, 6.07) is 0.258. The van der Waals surface area contributed by atoms with E-state index >= 15 is 0 Å². The summed E-state index contributed by atoms with van der Waals surface area (Å²) in [6.45, 7) is 2.52. The third-order valence-corrected chi connectivity index (χ3v) is 3.47. The van der Waals surface area contributed by atoms with Gasteiger partial charge < -0.3 is 10.8 Å². The van der Waals surface area contributed by atoms with Gasteiger partial charge in [-0.3, -0.25) is 0 Å². The molecule has 0 rings (SSSR count). The second kappa shape index (κ2) is 14.0. The SMILES string of the molecule is CCCCCCCCCCCCCC([NH3+])CO. The molecule has 17 heavy (non-hydrogen) atoms. The van der Waals surface area contributed by atoms with E-state index < -0.39 is 0 Å². The van der Waals surface area contributed by atoms with E-state index in [1.165, 1.54) is 70.6 Å². The Hall–Kier alpha value is -0.0800. The summed E-state index contributed by atoms with van der Waals surface area (Å²) < 4.78 is 0. The van der Waals surface area contributed by atoms with Gasteiger partial charge >= 0.3 is 0 Å². The first-order valence-electron chi connectivity index (χ1n) is 7.75. The van der Waals surface area contributed by atoms with Gasteiger partial charge in [0.1, 0.15) is 6.04 Å². The summed E-state index contributed by atoms with van der Waals surface area (Å²) in [5, 5.41) is 8.83. The lowest BCUT2D eigenvalue weighted by atomic mass is 10.0. The minimum Gasteiger partial charge on any atom is -0.390 e. The van der Waals surface area contributed by atoms with Crippen molar-refractivity contribution < 1.29 is 10.8 Å². The molecular weight excluding hydrogens is 210 g/mol. The number of quaternary nitrogens is 1. The van der Waals surface area contributed by atoms with E-state index in [0.29, 0.717) is 0 Å². The maximum Gasteiger partial charge on any atom is 0.108 e. The lowest BCUT2D eigenvalue weighted by Gasteiger charge is -2.04. The average Bonchev–Trinajstić information content (AvgIpc) is 2.35. The quantitative estimate of drug-likeness (QED) is 0.480. The Labute approximate surface area is 108 Å². The van der Waals surface area contributed by atoms with Crippen LogP contribution in [0.4, 0.5) is 0 Å². The van der Waals surface area contributed by atoms with Gasteiger partial charge in [-0.15, -0.1) is 0 Å². The Morgan fingerprint density at radius 1 is 0.765 bits per heavy atom. The van der Waals surface area contributed by atoms with Crippen LogP contribution in [0.5, 0.6) is 0 Å². The second-order valence-electron chi connectivity index (χ2n) is 5.37. The number of aliphatic hydroxyl groups excluding tert-OH is 1. The molecule has 0 aliphatic heterocycles. The van der Waals surface area contributed by atoms with Gasteiger partial charge in [-0.05, 0) is 6.42 Å².